The van der Waals surface area contributed by atoms with E-state index in [0.717, 1.165) is 11.8 Å². The average molecular weight is 167 g/mol. The van der Waals surface area contributed by atoms with Gasteiger partial charge in [0.2, 0.25) is 0 Å². The molecule has 1 saturated heterocycles. The molecule has 70 valence electrons. The van der Waals surface area contributed by atoms with Gasteiger partial charge in [-0.15, -0.1) is 0 Å². The molecule has 12 heavy (non-hydrogen) atoms. The Bertz CT molecular complexity index is 132. The second-order valence-electron chi connectivity index (χ2n) is 4.62. The fourth-order valence-electron chi connectivity index (χ4n) is 2.69. The minimum atomic E-state index is 1.06. The molecule has 2 rings (SSSR count). The fourth-order valence-corrected chi connectivity index (χ4v) is 2.69. The van der Waals surface area contributed by atoms with E-state index in [1.54, 1.807) is 0 Å². The molecule has 2 fully saturated rings. The van der Waals surface area contributed by atoms with Crippen LogP contribution >= 0.6 is 0 Å². The second-order valence-corrected chi connectivity index (χ2v) is 4.62. The van der Waals surface area contributed by atoms with Crippen LogP contribution in [0.3, 0.4) is 0 Å². The predicted octanol–water partition coefficient (Wildman–Crippen LogP) is 2.52. The molecule has 1 saturated carbocycles. The Morgan fingerprint density at radius 1 is 1.08 bits per heavy atom. The van der Waals surface area contributed by atoms with Crippen LogP contribution in [0.4, 0.5) is 0 Å². The van der Waals surface area contributed by atoms with Gasteiger partial charge >= 0.3 is 0 Å². The van der Waals surface area contributed by atoms with E-state index >= 15 is 0 Å². The summed E-state index contributed by atoms with van der Waals surface area (Å²) in [5.74, 6) is 2.14. The van der Waals surface area contributed by atoms with Crippen LogP contribution in [-0.2, 0) is 0 Å². The highest BCUT2D eigenvalue weighted by Gasteiger charge is 2.29. The molecule has 0 atom stereocenters. The average Bonchev–Trinajstić information content (AvgIpc) is 2.47. The molecule has 0 radical (unpaired) electrons. The SMILES string of the molecule is CCC1CC(CN2CCCC2)C1. The summed E-state index contributed by atoms with van der Waals surface area (Å²) in [6.45, 7) is 6.51. The van der Waals surface area contributed by atoms with Gasteiger partial charge in [0.1, 0.15) is 0 Å². The molecule has 0 aromatic carbocycles. The molecule has 1 heterocycles. The Kier molecular flexibility index (Phi) is 2.69. The van der Waals surface area contributed by atoms with Gasteiger partial charge in [0, 0.05) is 6.54 Å². The quantitative estimate of drug-likeness (QED) is 0.624. The Balaban J connectivity index is 1.62. The predicted molar refractivity (Wildman–Crippen MR) is 52.2 cm³/mol. The summed E-state index contributed by atoms with van der Waals surface area (Å²) in [6.07, 6.45) is 7.35. The van der Waals surface area contributed by atoms with Gasteiger partial charge in [-0.25, -0.2) is 0 Å². The standard InChI is InChI=1S/C11H21N/c1-2-10-7-11(8-10)9-12-5-3-4-6-12/h10-11H,2-9H2,1H3. The molecule has 0 N–H and O–H groups in total. The molecular weight excluding hydrogens is 146 g/mol. The lowest BCUT2D eigenvalue weighted by Crippen LogP contribution is -2.34. The third kappa shape index (κ3) is 1.82. The van der Waals surface area contributed by atoms with E-state index in [-0.39, 0.29) is 0 Å². The van der Waals surface area contributed by atoms with E-state index in [9.17, 15) is 0 Å². The van der Waals surface area contributed by atoms with Crippen LogP contribution in [0.1, 0.15) is 39.0 Å². The number of hydrogen-bond donors (Lipinski definition) is 0. The van der Waals surface area contributed by atoms with Gasteiger partial charge in [0.05, 0.1) is 0 Å². The van der Waals surface area contributed by atoms with Crippen molar-refractivity contribution in [2.24, 2.45) is 11.8 Å². The van der Waals surface area contributed by atoms with Gasteiger partial charge in [-0.3, -0.25) is 0 Å². The highest BCUT2D eigenvalue weighted by molar-refractivity contribution is 4.82. The van der Waals surface area contributed by atoms with Gasteiger partial charge in [0.25, 0.3) is 0 Å². The van der Waals surface area contributed by atoms with Gasteiger partial charge in [-0.05, 0) is 50.6 Å². The Morgan fingerprint density at radius 3 is 2.33 bits per heavy atom. The molecule has 0 amide bonds. The topological polar surface area (TPSA) is 3.24 Å². The summed E-state index contributed by atoms with van der Waals surface area (Å²) in [7, 11) is 0. The van der Waals surface area contributed by atoms with Crippen molar-refractivity contribution >= 4 is 0 Å². The van der Waals surface area contributed by atoms with Gasteiger partial charge in [-0.1, -0.05) is 13.3 Å². The van der Waals surface area contributed by atoms with Crippen LogP contribution in [0.2, 0.25) is 0 Å². The maximum atomic E-state index is 2.66. The summed E-state index contributed by atoms with van der Waals surface area (Å²) in [6, 6.07) is 0. The molecule has 0 bridgehead atoms. The molecule has 1 aliphatic heterocycles. The van der Waals surface area contributed by atoms with E-state index in [0.29, 0.717) is 0 Å². The number of likely N-dealkylation sites (tertiary alicyclic amines) is 1. The summed E-state index contributed by atoms with van der Waals surface area (Å²) in [5, 5.41) is 0. The lowest BCUT2D eigenvalue weighted by Gasteiger charge is -2.37. The van der Waals surface area contributed by atoms with Gasteiger partial charge in [0.15, 0.2) is 0 Å². The zero-order valence-electron chi connectivity index (χ0n) is 8.26. The van der Waals surface area contributed by atoms with E-state index < -0.39 is 0 Å². The molecule has 1 heteroatoms. The van der Waals surface area contributed by atoms with Crippen LogP contribution in [0.25, 0.3) is 0 Å². The van der Waals surface area contributed by atoms with Crippen molar-refractivity contribution in [2.75, 3.05) is 19.6 Å². The maximum absolute atomic E-state index is 2.66. The Labute approximate surface area is 76.1 Å². The van der Waals surface area contributed by atoms with Crippen molar-refractivity contribution in [3.05, 3.63) is 0 Å². The molecule has 2 aliphatic rings. The number of hydrogen-bond acceptors (Lipinski definition) is 1. The van der Waals surface area contributed by atoms with Gasteiger partial charge in [-0.2, -0.15) is 0 Å². The van der Waals surface area contributed by atoms with Crippen molar-refractivity contribution in [1.82, 2.24) is 4.90 Å². The van der Waals surface area contributed by atoms with Crippen LogP contribution in [0, 0.1) is 11.8 Å². The third-order valence-electron chi connectivity index (χ3n) is 3.63. The molecule has 0 spiro atoms. The fraction of sp³-hybridized carbons (Fsp3) is 1.00. The van der Waals surface area contributed by atoms with Crippen molar-refractivity contribution < 1.29 is 0 Å². The largest absolute Gasteiger partial charge is 0.303 e. The van der Waals surface area contributed by atoms with Crippen molar-refractivity contribution in [3.63, 3.8) is 0 Å². The number of rotatable bonds is 3. The first-order valence-electron chi connectivity index (χ1n) is 5.61. The summed E-state index contributed by atoms with van der Waals surface area (Å²) in [4.78, 5) is 2.66. The smallest absolute Gasteiger partial charge is 0.000986 e. The number of nitrogens with zero attached hydrogens (tertiary/aromatic N) is 1. The van der Waals surface area contributed by atoms with Gasteiger partial charge < -0.3 is 4.90 Å². The minimum Gasteiger partial charge on any atom is -0.303 e. The summed E-state index contributed by atoms with van der Waals surface area (Å²) >= 11 is 0. The molecular formula is C11H21N. The Morgan fingerprint density at radius 2 is 1.75 bits per heavy atom. The minimum absolute atomic E-state index is 1.06. The zero-order valence-corrected chi connectivity index (χ0v) is 8.26. The first-order chi connectivity index (χ1) is 5.88. The van der Waals surface area contributed by atoms with E-state index in [2.05, 4.69) is 11.8 Å². The third-order valence-corrected chi connectivity index (χ3v) is 3.63. The zero-order chi connectivity index (χ0) is 8.39. The lowest BCUT2D eigenvalue weighted by atomic mass is 9.73. The molecule has 0 aromatic rings. The van der Waals surface area contributed by atoms with Crippen LogP contribution in [-0.4, -0.2) is 24.5 Å². The Hall–Kier alpha value is -0.0400. The first kappa shape index (κ1) is 8.55. The van der Waals surface area contributed by atoms with Crippen molar-refractivity contribution in [2.45, 2.75) is 39.0 Å². The maximum Gasteiger partial charge on any atom is 0.000986 e. The van der Waals surface area contributed by atoms with Crippen LogP contribution in [0.15, 0.2) is 0 Å². The summed E-state index contributed by atoms with van der Waals surface area (Å²) in [5.41, 5.74) is 0. The molecule has 1 aliphatic carbocycles. The van der Waals surface area contributed by atoms with Crippen LogP contribution in [0.5, 0.6) is 0 Å². The highest BCUT2D eigenvalue weighted by Crippen LogP contribution is 2.36. The molecule has 1 nitrogen and oxygen atoms in total. The normalized spacial score (nSPS) is 36.8. The first-order valence-corrected chi connectivity index (χ1v) is 5.61. The van der Waals surface area contributed by atoms with Crippen molar-refractivity contribution in [1.29, 1.82) is 0 Å². The second kappa shape index (κ2) is 3.78. The van der Waals surface area contributed by atoms with E-state index in [1.807, 2.05) is 0 Å². The molecule has 0 unspecified atom stereocenters. The lowest BCUT2D eigenvalue weighted by molar-refractivity contribution is 0.135. The summed E-state index contributed by atoms with van der Waals surface area (Å²) < 4.78 is 0. The van der Waals surface area contributed by atoms with Crippen molar-refractivity contribution in [3.8, 4) is 0 Å². The molecule has 0 aromatic heterocycles. The van der Waals surface area contributed by atoms with Crippen LogP contribution < -0.4 is 0 Å². The monoisotopic (exact) mass is 167 g/mol. The van der Waals surface area contributed by atoms with E-state index in [1.165, 1.54) is 51.7 Å². The van der Waals surface area contributed by atoms with E-state index in [4.69, 9.17) is 0 Å². The highest BCUT2D eigenvalue weighted by atomic mass is 15.1.